The molecule has 3 rings (SSSR count). The van der Waals surface area contributed by atoms with E-state index in [-0.39, 0.29) is 17.5 Å². The molecule has 1 aromatic carbocycles. The van der Waals surface area contributed by atoms with Gasteiger partial charge in [-0.05, 0) is 31.0 Å². The summed E-state index contributed by atoms with van der Waals surface area (Å²) in [6.45, 7) is 0. The van der Waals surface area contributed by atoms with Gasteiger partial charge in [-0.3, -0.25) is 9.89 Å². The summed E-state index contributed by atoms with van der Waals surface area (Å²) in [4.78, 5) is 17.7. The highest BCUT2D eigenvalue weighted by molar-refractivity contribution is 6.03. The third kappa shape index (κ3) is 2.33. The summed E-state index contributed by atoms with van der Waals surface area (Å²) in [7, 11) is 1.57. The van der Waals surface area contributed by atoms with Crippen LogP contribution in [0.5, 0.6) is 0 Å². The molecule has 19 heavy (non-hydrogen) atoms. The number of aromatic amines is 1. The maximum Gasteiger partial charge on any atom is 0.297 e. The number of nitrogens with one attached hydrogen (secondary N) is 1. The summed E-state index contributed by atoms with van der Waals surface area (Å²) in [6.07, 6.45) is 2.17. The number of nitrogens with zero attached hydrogens (tertiary/aromatic N) is 3. The van der Waals surface area contributed by atoms with Crippen molar-refractivity contribution in [1.82, 2.24) is 15.2 Å². The predicted octanol–water partition coefficient (Wildman–Crippen LogP) is 2.10. The number of carbonyl (C=O) groups excluding carboxylic acids is 1. The lowest BCUT2D eigenvalue weighted by Gasteiger charge is -2.15. The van der Waals surface area contributed by atoms with Gasteiger partial charge in [0, 0.05) is 18.7 Å². The van der Waals surface area contributed by atoms with Gasteiger partial charge in [-0.15, -0.1) is 5.10 Å². The number of halogens is 1. The van der Waals surface area contributed by atoms with Crippen LogP contribution in [-0.2, 0) is 0 Å². The smallest absolute Gasteiger partial charge is 0.297 e. The fourth-order valence-electron chi connectivity index (χ4n) is 1.86. The van der Waals surface area contributed by atoms with Crippen LogP contribution in [-0.4, -0.2) is 28.1 Å². The second kappa shape index (κ2) is 4.46. The molecule has 1 aliphatic carbocycles. The van der Waals surface area contributed by atoms with E-state index < -0.39 is 0 Å². The van der Waals surface area contributed by atoms with Crippen LogP contribution >= 0.6 is 0 Å². The van der Waals surface area contributed by atoms with Crippen molar-refractivity contribution < 1.29 is 9.18 Å². The van der Waals surface area contributed by atoms with Crippen molar-refractivity contribution in [2.45, 2.75) is 18.8 Å². The average Bonchev–Trinajstić information content (AvgIpc) is 3.15. The number of aromatic nitrogens is 3. The van der Waals surface area contributed by atoms with E-state index in [1.54, 1.807) is 19.2 Å². The quantitative estimate of drug-likeness (QED) is 0.919. The molecular weight excluding hydrogens is 247 g/mol. The van der Waals surface area contributed by atoms with Gasteiger partial charge < -0.3 is 4.90 Å². The van der Waals surface area contributed by atoms with Gasteiger partial charge in [0.2, 0.25) is 5.82 Å². The molecule has 1 N–H and O–H groups in total. The monoisotopic (exact) mass is 260 g/mol. The van der Waals surface area contributed by atoms with Crippen LogP contribution in [0.25, 0.3) is 0 Å². The van der Waals surface area contributed by atoms with Crippen molar-refractivity contribution in [1.29, 1.82) is 0 Å². The number of benzene rings is 1. The Morgan fingerprint density at radius 1 is 1.47 bits per heavy atom. The summed E-state index contributed by atoms with van der Waals surface area (Å²) in [5.41, 5.74) is 0.475. The molecule has 6 heteroatoms. The van der Waals surface area contributed by atoms with Crippen molar-refractivity contribution in [2.24, 2.45) is 0 Å². The Bertz CT molecular complexity index is 621. The lowest BCUT2D eigenvalue weighted by Crippen LogP contribution is -2.27. The Balaban J connectivity index is 1.81. The minimum atomic E-state index is -0.384. The Kier molecular flexibility index (Phi) is 2.77. The molecule has 0 saturated heterocycles. The first-order valence-corrected chi connectivity index (χ1v) is 6.11. The van der Waals surface area contributed by atoms with Crippen LogP contribution in [0.2, 0.25) is 0 Å². The maximum absolute atomic E-state index is 13.1. The molecule has 1 aliphatic rings. The summed E-state index contributed by atoms with van der Waals surface area (Å²) in [6, 6.07) is 5.85. The van der Waals surface area contributed by atoms with Crippen molar-refractivity contribution in [3.8, 4) is 0 Å². The van der Waals surface area contributed by atoms with Crippen LogP contribution in [0, 0.1) is 5.82 Å². The highest BCUT2D eigenvalue weighted by Gasteiger charge is 2.29. The van der Waals surface area contributed by atoms with Crippen LogP contribution in [0.3, 0.4) is 0 Å². The van der Waals surface area contributed by atoms with Crippen LogP contribution in [0.1, 0.15) is 35.2 Å². The number of H-pyrrole nitrogens is 1. The first-order valence-electron chi connectivity index (χ1n) is 6.11. The first-order chi connectivity index (χ1) is 9.15. The highest BCUT2D eigenvalue weighted by Crippen LogP contribution is 2.37. The molecule has 0 atom stereocenters. The maximum atomic E-state index is 13.1. The predicted molar refractivity (Wildman–Crippen MR) is 67.5 cm³/mol. The molecule has 0 aliphatic heterocycles. The summed E-state index contributed by atoms with van der Waals surface area (Å²) >= 11 is 0. The molecule has 0 unspecified atom stereocenters. The lowest BCUT2D eigenvalue weighted by molar-refractivity contribution is 0.0983. The Labute approximate surface area is 109 Å². The summed E-state index contributed by atoms with van der Waals surface area (Å²) < 4.78 is 13.1. The van der Waals surface area contributed by atoms with Crippen molar-refractivity contribution in [2.75, 3.05) is 11.9 Å². The summed E-state index contributed by atoms with van der Waals surface area (Å²) in [5, 5.41) is 6.71. The number of hydrogen-bond donors (Lipinski definition) is 1. The van der Waals surface area contributed by atoms with Gasteiger partial charge in [0.1, 0.15) is 11.6 Å². The van der Waals surface area contributed by atoms with Crippen LogP contribution in [0.15, 0.2) is 24.3 Å². The molecule has 0 bridgehead atoms. The molecule has 5 nitrogen and oxygen atoms in total. The molecule has 1 fully saturated rings. The number of amides is 1. The minimum absolute atomic E-state index is 0.119. The van der Waals surface area contributed by atoms with E-state index in [4.69, 9.17) is 0 Å². The second-order valence-corrected chi connectivity index (χ2v) is 4.66. The molecule has 1 aromatic heterocycles. The topological polar surface area (TPSA) is 61.9 Å². The highest BCUT2D eigenvalue weighted by atomic mass is 19.1. The van der Waals surface area contributed by atoms with Gasteiger partial charge in [-0.2, -0.15) is 0 Å². The molecule has 1 amide bonds. The number of carbonyl (C=O) groups is 1. The fourth-order valence-corrected chi connectivity index (χ4v) is 1.86. The van der Waals surface area contributed by atoms with E-state index in [1.807, 2.05) is 0 Å². The number of anilines is 1. The van der Waals surface area contributed by atoms with E-state index in [1.165, 1.54) is 17.0 Å². The molecule has 0 radical (unpaired) electrons. The summed E-state index contributed by atoms with van der Waals surface area (Å²) in [5.74, 6) is 0.553. The van der Waals surface area contributed by atoms with E-state index >= 15 is 0 Å². The van der Waals surface area contributed by atoms with Gasteiger partial charge in [-0.1, -0.05) is 6.07 Å². The standard InChI is InChI=1S/C13H13FN4O/c1-18(10-4-2-3-9(14)7-10)13(19)12-15-11(16-17-12)8-5-6-8/h2-4,7-8H,5-6H2,1H3,(H,15,16,17). The normalized spacial score (nSPS) is 14.4. The largest absolute Gasteiger partial charge is 0.309 e. The Morgan fingerprint density at radius 2 is 2.26 bits per heavy atom. The van der Waals surface area contributed by atoms with Gasteiger partial charge in [-0.25, -0.2) is 9.37 Å². The SMILES string of the molecule is CN(C(=O)c1n[nH]c(C2CC2)n1)c1cccc(F)c1. The zero-order valence-corrected chi connectivity index (χ0v) is 10.4. The lowest BCUT2D eigenvalue weighted by atomic mass is 10.3. The zero-order chi connectivity index (χ0) is 13.4. The van der Waals surface area contributed by atoms with Gasteiger partial charge in [0.05, 0.1) is 0 Å². The van der Waals surface area contributed by atoms with Crippen molar-refractivity contribution >= 4 is 11.6 Å². The molecule has 0 spiro atoms. The van der Waals surface area contributed by atoms with Crippen LogP contribution in [0.4, 0.5) is 10.1 Å². The zero-order valence-electron chi connectivity index (χ0n) is 10.4. The van der Waals surface area contributed by atoms with E-state index in [0.29, 0.717) is 11.6 Å². The molecule has 1 heterocycles. The number of hydrogen-bond acceptors (Lipinski definition) is 3. The Hall–Kier alpha value is -2.24. The van der Waals surface area contributed by atoms with Crippen LogP contribution < -0.4 is 4.90 Å². The van der Waals surface area contributed by atoms with Crippen molar-refractivity contribution in [3.05, 3.63) is 41.7 Å². The van der Waals surface area contributed by atoms with Gasteiger partial charge in [0.15, 0.2) is 0 Å². The second-order valence-electron chi connectivity index (χ2n) is 4.66. The first kappa shape index (κ1) is 11.8. The molecule has 98 valence electrons. The minimum Gasteiger partial charge on any atom is -0.309 e. The average molecular weight is 260 g/mol. The van der Waals surface area contributed by atoms with Gasteiger partial charge >= 0.3 is 0 Å². The Morgan fingerprint density at radius 3 is 2.95 bits per heavy atom. The van der Waals surface area contributed by atoms with E-state index in [9.17, 15) is 9.18 Å². The molecule has 2 aromatic rings. The number of rotatable bonds is 3. The van der Waals surface area contributed by atoms with Gasteiger partial charge in [0.25, 0.3) is 5.91 Å². The van der Waals surface area contributed by atoms with Crippen molar-refractivity contribution in [3.63, 3.8) is 0 Å². The molecular formula is C13H13FN4O. The molecule has 1 saturated carbocycles. The van der Waals surface area contributed by atoms with E-state index in [2.05, 4.69) is 15.2 Å². The third-order valence-electron chi connectivity index (χ3n) is 3.16. The third-order valence-corrected chi connectivity index (χ3v) is 3.16. The van der Waals surface area contributed by atoms with E-state index in [0.717, 1.165) is 18.7 Å². The fraction of sp³-hybridized carbons (Fsp3) is 0.308.